The maximum atomic E-state index is 8.93. The fraction of sp³-hybridized carbons (Fsp3) is 0.538. The number of fused-ring (bicyclic) bond motifs is 1. The van der Waals surface area contributed by atoms with Gasteiger partial charge in [-0.1, -0.05) is 86.6 Å². The van der Waals surface area contributed by atoms with E-state index in [0.717, 1.165) is 12.2 Å². The molecule has 0 amide bonds. The van der Waals surface area contributed by atoms with E-state index >= 15 is 0 Å². The summed E-state index contributed by atoms with van der Waals surface area (Å²) in [6.45, 7) is 7.20. The largest absolute Gasteiger partial charge is 0.396 e. The summed E-state index contributed by atoms with van der Waals surface area (Å²) in [5.41, 5.74) is 5.95. The van der Waals surface area contributed by atoms with Crippen LogP contribution in [0.1, 0.15) is 80.0 Å². The van der Waals surface area contributed by atoms with Gasteiger partial charge in [-0.25, -0.2) is 0 Å². The Morgan fingerprint density at radius 1 is 0.897 bits per heavy atom. The number of hydrogen-bond donors (Lipinski definition) is 1. The monoisotopic (exact) mass is 623 g/mol. The molecular formula is C26H36AcOS. The molecule has 1 radical (unpaired) electrons. The molecule has 3 heteroatoms. The molecular weight excluding hydrogens is 587 g/mol. The number of aliphatic hydroxyl groups excluding tert-OH is 1. The van der Waals surface area contributed by atoms with E-state index < -0.39 is 0 Å². The van der Waals surface area contributed by atoms with E-state index in [1.807, 2.05) is 11.8 Å². The zero-order chi connectivity index (χ0) is 20.0. The maximum Gasteiger partial charge on any atom is 0.0431 e. The number of benzene rings is 2. The first-order valence-electron chi connectivity index (χ1n) is 11.0. The van der Waals surface area contributed by atoms with Gasteiger partial charge in [0.2, 0.25) is 0 Å². The summed E-state index contributed by atoms with van der Waals surface area (Å²) in [5, 5.41) is 8.93. The normalized spacial score (nSPS) is 20.8. The van der Waals surface area contributed by atoms with Crippen molar-refractivity contribution in [1.82, 2.24) is 0 Å². The number of aliphatic hydroxyl groups is 1. The van der Waals surface area contributed by atoms with Crippen molar-refractivity contribution in [3.63, 3.8) is 0 Å². The van der Waals surface area contributed by atoms with Crippen molar-refractivity contribution in [2.24, 2.45) is 0 Å². The molecule has 1 aliphatic rings. The van der Waals surface area contributed by atoms with Crippen molar-refractivity contribution in [3.8, 4) is 0 Å². The average molecular weight is 624 g/mol. The summed E-state index contributed by atoms with van der Waals surface area (Å²) >= 11 is 2.04. The second-order valence-electron chi connectivity index (χ2n) is 8.80. The molecule has 155 valence electrons. The summed E-state index contributed by atoms with van der Waals surface area (Å²) < 4.78 is 0. The van der Waals surface area contributed by atoms with E-state index in [4.69, 9.17) is 5.11 Å². The molecule has 1 unspecified atom stereocenters. The molecule has 1 aliphatic heterocycles. The molecule has 1 N–H and O–H groups in total. The zero-order valence-electron chi connectivity index (χ0n) is 18.4. The topological polar surface area (TPSA) is 20.2 Å². The molecule has 0 aliphatic carbocycles. The first-order chi connectivity index (χ1) is 13.5. The fourth-order valence-corrected chi connectivity index (χ4v) is 6.06. The van der Waals surface area contributed by atoms with Crippen molar-refractivity contribution in [3.05, 3.63) is 64.7 Å². The summed E-state index contributed by atoms with van der Waals surface area (Å²) in [5.74, 6) is 1.75. The first-order valence-corrected chi connectivity index (χ1v) is 11.9. The Kier molecular flexibility index (Phi) is 10.8. The third kappa shape index (κ3) is 6.59. The van der Waals surface area contributed by atoms with Crippen molar-refractivity contribution < 1.29 is 49.2 Å². The van der Waals surface area contributed by atoms with Crippen LogP contribution in [0.5, 0.6) is 0 Å². The van der Waals surface area contributed by atoms with E-state index in [-0.39, 0.29) is 49.5 Å². The Balaban J connectivity index is 0.00000300. The van der Waals surface area contributed by atoms with E-state index in [1.165, 1.54) is 60.1 Å². The van der Waals surface area contributed by atoms with Gasteiger partial charge < -0.3 is 5.11 Å². The predicted octanol–water partition coefficient (Wildman–Crippen LogP) is 7.17. The van der Waals surface area contributed by atoms with Crippen LogP contribution in [0.15, 0.2) is 47.4 Å². The standard InChI is InChI=1S/C26H36OS.Ac/c1-20-11-14-22(15-12-20)26(3)19-28-25-18-21(2)13-16-23(25)24(26)10-8-6-4-5-7-9-17-27;/h11-16,18,24,27H,4-10,17,19H2,1-3H3;/t24?,26-;/m1./s1. The zero-order valence-corrected chi connectivity index (χ0v) is 24.0. The van der Waals surface area contributed by atoms with Crippen molar-refractivity contribution in [1.29, 1.82) is 0 Å². The van der Waals surface area contributed by atoms with Crippen LogP contribution in [0.25, 0.3) is 0 Å². The van der Waals surface area contributed by atoms with Crippen LogP contribution in [-0.2, 0) is 5.41 Å². The number of thioether (sulfide) groups is 1. The van der Waals surface area contributed by atoms with E-state index in [9.17, 15) is 0 Å². The summed E-state index contributed by atoms with van der Waals surface area (Å²) in [6.07, 6.45) is 8.54. The van der Waals surface area contributed by atoms with Crippen LogP contribution in [0, 0.1) is 57.9 Å². The molecule has 1 heterocycles. The van der Waals surface area contributed by atoms with Gasteiger partial charge in [0.05, 0.1) is 0 Å². The van der Waals surface area contributed by atoms with Crippen LogP contribution in [0.2, 0.25) is 0 Å². The minimum Gasteiger partial charge on any atom is -0.396 e. The molecule has 2 aromatic carbocycles. The third-order valence-electron chi connectivity index (χ3n) is 6.45. The van der Waals surface area contributed by atoms with E-state index in [0.29, 0.717) is 12.5 Å². The molecule has 0 saturated heterocycles. The molecule has 29 heavy (non-hydrogen) atoms. The van der Waals surface area contributed by atoms with Crippen LogP contribution in [0.3, 0.4) is 0 Å². The SMILES string of the molecule is Cc1ccc([C@@]2(C)CSc3cc(C)ccc3C2CCCCCCCCO)cc1.[Ac]. The fourth-order valence-electron chi connectivity index (χ4n) is 4.59. The molecule has 0 bridgehead atoms. The second-order valence-corrected chi connectivity index (χ2v) is 9.82. The van der Waals surface area contributed by atoms with Crippen molar-refractivity contribution in [2.75, 3.05) is 12.4 Å². The maximum absolute atomic E-state index is 8.93. The molecule has 0 spiro atoms. The third-order valence-corrected chi connectivity index (χ3v) is 7.86. The molecule has 3 rings (SSSR count). The average Bonchev–Trinajstić information content (AvgIpc) is 2.69. The van der Waals surface area contributed by atoms with Crippen molar-refractivity contribution in [2.45, 2.75) is 81.9 Å². The number of rotatable bonds is 9. The Hall–Kier alpha value is 0.192. The first kappa shape index (κ1) is 25.5. The second kappa shape index (κ2) is 12.3. The number of aryl methyl sites for hydroxylation is 2. The molecule has 0 saturated carbocycles. The molecule has 1 nitrogen and oxygen atoms in total. The van der Waals surface area contributed by atoms with E-state index in [2.05, 4.69) is 63.2 Å². The predicted molar refractivity (Wildman–Crippen MR) is 123 cm³/mol. The summed E-state index contributed by atoms with van der Waals surface area (Å²) in [4.78, 5) is 1.50. The Labute approximate surface area is 218 Å². The quantitative estimate of drug-likeness (QED) is 0.299. The minimum absolute atomic E-state index is 0. The van der Waals surface area contributed by atoms with Gasteiger partial charge in [0, 0.05) is 66.7 Å². The van der Waals surface area contributed by atoms with Gasteiger partial charge in [0.15, 0.2) is 0 Å². The molecule has 0 aromatic heterocycles. The van der Waals surface area contributed by atoms with Crippen LogP contribution >= 0.6 is 11.8 Å². The molecule has 2 aromatic rings. The Morgan fingerprint density at radius 2 is 1.52 bits per heavy atom. The molecule has 0 fully saturated rings. The summed E-state index contributed by atoms with van der Waals surface area (Å²) in [7, 11) is 0. The van der Waals surface area contributed by atoms with Gasteiger partial charge in [-0.2, -0.15) is 0 Å². The van der Waals surface area contributed by atoms with Gasteiger partial charge in [-0.15, -0.1) is 11.8 Å². The molecule has 2 atom stereocenters. The Morgan fingerprint density at radius 3 is 2.21 bits per heavy atom. The van der Waals surface area contributed by atoms with Gasteiger partial charge in [0.1, 0.15) is 0 Å². The minimum atomic E-state index is 0. The van der Waals surface area contributed by atoms with Crippen LogP contribution in [-0.4, -0.2) is 17.5 Å². The number of hydrogen-bond acceptors (Lipinski definition) is 2. The Bertz CT molecular complexity index is 758. The summed E-state index contributed by atoms with van der Waals surface area (Å²) in [6, 6.07) is 16.3. The van der Waals surface area contributed by atoms with Gasteiger partial charge in [-0.3, -0.25) is 0 Å². The van der Waals surface area contributed by atoms with E-state index in [1.54, 1.807) is 5.56 Å². The van der Waals surface area contributed by atoms with Crippen molar-refractivity contribution >= 4 is 11.8 Å². The number of unbranched alkanes of at least 4 members (excludes halogenated alkanes) is 5. The van der Waals surface area contributed by atoms with Crippen LogP contribution < -0.4 is 0 Å². The van der Waals surface area contributed by atoms with Gasteiger partial charge >= 0.3 is 0 Å². The van der Waals surface area contributed by atoms with Gasteiger partial charge in [0.25, 0.3) is 0 Å². The van der Waals surface area contributed by atoms with Gasteiger partial charge in [-0.05, 0) is 49.8 Å². The smallest absolute Gasteiger partial charge is 0.0431 e. The van der Waals surface area contributed by atoms with Crippen LogP contribution in [0.4, 0.5) is 0 Å².